The summed E-state index contributed by atoms with van der Waals surface area (Å²) >= 11 is 0. The molecular formula is C12H14N6O3. The van der Waals surface area contributed by atoms with Gasteiger partial charge in [-0.15, -0.1) is 10.2 Å². The number of hydrogen-bond acceptors (Lipinski definition) is 6. The molecule has 0 radical (unpaired) electrons. The van der Waals surface area contributed by atoms with Crippen LogP contribution >= 0.6 is 0 Å². The zero-order valence-electron chi connectivity index (χ0n) is 11.4. The standard InChI is InChI=1S/C12H14N6O3/c1-13-11(19)8-3-4-9(17-16-8)15-10(12(20)21)7-5-14-18(2)6-7/h3-6,10H,1-2H3,(H,13,19)(H,15,17)(H,20,21). The van der Waals surface area contributed by atoms with Crippen molar-refractivity contribution < 1.29 is 14.7 Å². The molecule has 0 aromatic carbocycles. The van der Waals surface area contributed by atoms with Crippen LogP contribution in [0.1, 0.15) is 22.1 Å². The van der Waals surface area contributed by atoms with Gasteiger partial charge in [-0.25, -0.2) is 4.79 Å². The number of aryl methyl sites for hydroxylation is 1. The van der Waals surface area contributed by atoms with Crippen LogP contribution in [0.25, 0.3) is 0 Å². The third-order valence-electron chi connectivity index (χ3n) is 2.72. The average molecular weight is 290 g/mol. The molecule has 0 spiro atoms. The Morgan fingerprint density at radius 3 is 2.57 bits per heavy atom. The molecule has 1 unspecified atom stereocenters. The molecule has 2 rings (SSSR count). The number of nitrogens with zero attached hydrogens (tertiary/aromatic N) is 4. The zero-order valence-corrected chi connectivity index (χ0v) is 11.4. The molecule has 9 nitrogen and oxygen atoms in total. The molecule has 1 atom stereocenters. The maximum atomic E-state index is 11.3. The first kappa shape index (κ1) is 14.4. The number of carboxylic acids is 1. The van der Waals surface area contributed by atoms with Crippen molar-refractivity contribution in [2.75, 3.05) is 12.4 Å². The number of amides is 1. The van der Waals surface area contributed by atoms with Gasteiger partial charge in [0.25, 0.3) is 5.91 Å². The Bertz CT molecular complexity index is 651. The Balaban J connectivity index is 2.18. The second kappa shape index (κ2) is 5.99. The Morgan fingerprint density at radius 1 is 1.33 bits per heavy atom. The minimum Gasteiger partial charge on any atom is -0.479 e. The number of carbonyl (C=O) groups is 2. The summed E-state index contributed by atoms with van der Waals surface area (Å²) < 4.78 is 1.51. The van der Waals surface area contributed by atoms with E-state index in [0.717, 1.165) is 0 Å². The molecule has 0 saturated carbocycles. The van der Waals surface area contributed by atoms with Crippen LogP contribution in [0.3, 0.4) is 0 Å². The van der Waals surface area contributed by atoms with Crippen LogP contribution in [0, 0.1) is 0 Å². The third-order valence-corrected chi connectivity index (χ3v) is 2.72. The number of carbonyl (C=O) groups excluding carboxylic acids is 1. The molecule has 1 amide bonds. The van der Waals surface area contributed by atoms with Gasteiger partial charge in [-0.05, 0) is 12.1 Å². The molecule has 0 aliphatic rings. The number of rotatable bonds is 5. The van der Waals surface area contributed by atoms with E-state index in [1.165, 1.54) is 30.1 Å². The van der Waals surface area contributed by atoms with Crippen molar-refractivity contribution in [2.45, 2.75) is 6.04 Å². The number of carboxylic acid groups (broad SMARTS) is 1. The van der Waals surface area contributed by atoms with E-state index < -0.39 is 12.0 Å². The first-order valence-corrected chi connectivity index (χ1v) is 6.05. The normalized spacial score (nSPS) is 11.7. The highest BCUT2D eigenvalue weighted by Gasteiger charge is 2.22. The number of hydrogen-bond donors (Lipinski definition) is 3. The Hall–Kier alpha value is -2.97. The van der Waals surface area contributed by atoms with Gasteiger partial charge >= 0.3 is 5.97 Å². The van der Waals surface area contributed by atoms with Gasteiger partial charge in [0.05, 0.1) is 6.20 Å². The molecule has 3 N–H and O–H groups in total. The summed E-state index contributed by atoms with van der Waals surface area (Å²) in [7, 11) is 3.18. The topological polar surface area (TPSA) is 122 Å². The van der Waals surface area contributed by atoms with Gasteiger partial charge in [-0.2, -0.15) is 5.10 Å². The number of nitrogens with one attached hydrogen (secondary N) is 2. The SMILES string of the molecule is CNC(=O)c1ccc(NC(C(=O)O)c2cnn(C)c2)nn1. The highest BCUT2D eigenvalue weighted by Crippen LogP contribution is 2.17. The summed E-state index contributed by atoms with van der Waals surface area (Å²) in [5, 5.41) is 25.9. The van der Waals surface area contributed by atoms with Crippen LogP contribution in [0.15, 0.2) is 24.5 Å². The minimum atomic E-state index is -1.07. The van der Waals surface area contributed by atoms with Crippen LogP contribution in [0.5, 0.6) is 0 Å². The van der Waals surface area contributed by atoms with Gasteiger partial charge in [0, 0.05) is 25.9 Å². The molecule has 9 heteroatoms. The molecule has 110 valence electrons. The lowest BCUT2D eigenvalue weighted by molar-refractivity contribution is -0.138. The van der Waals surface area contributed by atoms with Crippen LogP contribution in [-0.2, 0) is 11.8 Å². The minimum absolute atomic E-state index is 0.149. The van der Waals surface area contributed by atoms with E-state index in [1.54, 1.807) is 13.2 Å². The lowest BCUT2D eigenvalue weighted by Crippen LogP contribution is -2.22. The van der Waals surface area contributed by atoms with E-state index in [-0.39, 0.29) is 17.4 Å². The van der Waals surface area contributed by atoms with Crippen molar-refractivity contribution in [1.29, 1.82) is 0 Å². The van der Waals surface area contributed by atoms with Crippen molar-refractivity contribution in [3.05, 3.63) is 35.8 Å². The van der Waals surface area contributed by atoms with Crippen molar-refractivity contribution in [3.63, 3.8) is 0 Å². The monoisotopic (exact) mass is 290 g/mol. The van der Waals surface area contributed by atoms with Crippen molar-refractivity contribution in [3.8, 4) is 0 Å². The predicted octanol–water partition coefficient (Wildman–Crippen LogP) is -0.193. The lowest BCUT2D eigenvalue weighted by atomic mass is 10.1. The Morgan fingerprint density at radius 2 is 2.10 bits per heavy atom. The van der Waals surface area contributed by atoms with E-state index in [2.05, 4.69) is 25.9 Å². The summed E-state index contributed by atoms with van der Waals surface area (Å²) in [5.41, 5.74) is 0.637. The summed E-state index contributed by atoms with van der Waals surface area (Å²) in [4.78, 5) is 22.7. The number of aromatic nitrogens is 4. The summed E-state index contributed by atoms with van der Waals surface area (Å²) in [5.74, 6) is -1.19. The molecule has 0 bridgehead atoms. The summed E-state index contributed by atoms with van der Waals surface area (Å²) in [6.07, 6.45) is 3.05. The van der Waals surface area contributed by atoms with E-state index in [4.69, 9.17) is 0 Å². The molecule has 0 fully saturated rings. The summed E-state index contributed by atoms with van der Waals surface area (Å²) in [6, 6.07) is 1.94. The van der Waals surface area contributed by atoms with Gasteiger partial charge in [0.2, 0.25) is 0 Å². The fourth-order valence-electron chi connectivity index (χ4n) is 1.68. The van der Waals surface area contributed by atoms with E-state index in [1.807, 2.05) is 0 Å². The third kappa shape index (κ3) is 3.32. The average Bonchev–Trinajstić information content (AvgIpc) is 2.90. The van der Waals surface area contributed by atoms with Crippen LogP contribution < -0.4 is 10.6 Å². The second-order valence-electron chi connectivity index (χ2n) is 4.25. The molecule has 0 saturated heterocycles. The van der Waals surface area contributed by atoms with Gasteiger partial charge in [0.1, 0.15) is 5.82 Å². The molecule has 21 heavy (non-hydrogen) atoms. The smallest absolute Gasteiger partial charge is 0.330 e. The predicted molar refractivity (Wildman–Crippen MR) is 72.6 cm³/mol. The van der Waals surface area contributed by atoms with Gasteiger partial charge in [-0.1, -0.05) is 0 Å². The van der Waals surface area contributed by atoms with E-state index in [9.17, 15) is 14.7 Å². The van der Waals surface area contributed by atoms with E-state index in [0.29, 0.717) is 5.56 Å². The first-order chi connectivity index (χ1) is 10.0. The molecule has 0 aliphatic carbocycles. The maximum absolute atomic E-state index is 11.3. The molecular weight excluding hydrogens is 276 g/mol. The number of aliphatic carboxylic acids is 1. The van der Waals surface area contributed by atoms with Crippen molar-refractivity contribution >= 4 is 17.7 Å². The lowest BCUT2D eigenvalue weighted by Gasteiger charge is -2.12. The Labute approximate surface area is 120 Å². The largest absolute Gasteiger partial charge is 0.479 e. The molecule has 2 aromatic rings. The van der Waals surface area contributed by atoms with Gasteiger partial charge in [-0.3, -0.25) is 9.48 Å². The van der Waals surface area contributed by atoms with Gasteiger partial charge in [0.15, 0.2) is 11.7 Å². The molecule has 2 heterocycles. The van der Waals surface area contributed by atoms with Crippen LogP contribution in [0.2, 0.25) is 0 Å². The van der Waals surface area contributed by atoms with Crippen LogP contribution in [-0.4, -0.2) is 44.0 Å². The van der Waals surface area contributed by atoms with Crippen LogP contribution in [0.4, 0.5) is 5.82 Å². The first-order valence-electron chi connectivity index (χ1n) is 6.05. The van der Waals surface area contributed by atoms with Crippen molar-refractivity contribution in [2.24, 2.45) is 7.05 Å². The maximum Gasteiger partial charge on any atom is 0.330 e. The molecule has 2 aromatic heterocycles. The quantitative estimate of drug-likeness (QED) is 0.697. The Kier molecular flexibility index (Phi) is 4.12. The molecule has 0 aliphatic heterocycles. The number of anilines is 1. The van der Waals surface area contributed by atoms with E-state index >= 15 is 0 Å². The zero-order chi connectivity index (χ0) is 15.4. The highest BCUT2D eigenvalue weighted by molar-refractivity contribution is 5.91. The summed E-state index contributed by atoms with van der Waals surface area (Å²) in [6.45, 7) is 0. The second-order valence-corrected chi connectivity index (χ2v) is 4.25. The highest BCUT2D eigenvalue weighted by atomic mass is 16.4. The fraction of sp³-hybridized carbons (Fsp3) is 0.250. The van der Waals surface area contributed by atoms with Gasteiger partial charge < -0.3 is 15.7 Å². The fourth-order valence-corrected chi connectivity index (χ4v) is 1.68. The van der Waals surface area contributed by atoms with Crippen molar-refractivity contribution in [1.82, 2.24) is 25.3 Å².